The van der Waals surface area contributed by atoms with E-state index in [1.54, 1.807) is 0 Å². The molecule has 0 bridgehead atoms. The lowest BCUT2D eigenvalue weighted by atomic mass is 10.2. The standard InChI is InChI=1S/C19H16ClN3O2/c1-23(10-12-6-8-13(20)9-7-12)11-16-21-17-14-4-2-3-5-15(14)25-18(17)19(24)22-16/h2-9H,10-11H2,1H3,(H,21,22,24). The quantitative estimate of drug-likeness (QED) is 0.603. The number of hydrogen-bond acceptors (Lipinski definition) is 4. The number of aromatic amines is 1. The summed E-state index contributed by atoms with van der Waals surface area (Å²) in [5.74, 6) is 0.612. The number of fused-ring (bicyclic) bond motifs is 3. The van der Waals surface area contributed by atoms with E-state index >= 15 is 0 Å². The molecule has 0 aliphatic rings. The summed E-state index contributed by atoms with van der Waals surface area (Å²) in [7, 11) is 1.98. The second-order valence-corrected chi connectivity index (χ2v) is 6.52. The second kappa shape index (κ2) is 6.35. The van der Waals surface area contributed by atoms with Crippen LogP contribution in [0.3, 0.4) is 0 Å². The molecule has 0 saturated carbocycles. The molecular weight excluding hydrogens is 338 g/mol. The van der Waals surface area contributed by atoms with Crippen molar-refractivity contribution in [1.29, 1.82) is 0 Å². The Kier molecular flexibility index (Phi) is 4.03. The molecule has 4 aromatic rings. The minimum atomic E-state index is -0.254. The normalized spacial score (nSPS) is 11.6. The summed E-state index contributed by atoms with van der Waals surface area (Å²) < 4.78 is 5.62. The summed E-state index contributed by atoms with van der Waals surface area (Å²) in [5.41, 5.74) is 2.43. The molecule has 0 spiro atoms. The molecule has 25 heavy (non-hydrogen) atoms. The van der Waals surface area contributed by atoms with Crippen LogP contribution in [-0.4, -0.2) is 21.9 Å². The van der Waals surface area contributed by atoms with Gasteiger partial charge in [0, 0.05) is 17.0 Å². The van der Waals surface area contributed by atoms with E-state index in [-0.39, 0.29) is 11.1 Å². The molecule has 126 valence electrons. The van der Waals surface area contributed by atoms with Gasteiger partial charge in [-0.1, -0.05) is 35.9 Å². The average molecular weight is 354 g/mol. The fourth-order valence-electron chi connectivity index (χ4n) is 2.94. The van der Waals surface area contributed by atoms with Gasteiger partial charge in [-0.05, 0) is 36.9 Å². The maximum Gasteiger partial charge on any atom is 0.294 e. The SMILES string of the molecule is CN(Cc1ccc(Cl)cc1)Cc1nc2c(oc3ccccc32)c(=O)[nH]1. The minimum Gasteiger partial charge on any atom is -0.449 e. The number of furan rings is 1. The number of para-hydroxylation sites is 1. The third-order valence-electron chi connectivity index (χ3n) is 4.07. The van der Waals surface area contributed by atoms with E-state index in [9.17, 15) is 4.79 Å². The van der Waals surface area contributed by atoms with E-state index < -0.39 is 0 Å². The number of benzene rings is 2. The maximum atomic E-state index is 12.3. The van der Waals surface area contributed by atoms with Gasteiger partial charge in [-0.3, -0.25) is 9.69 Å². The van der Waals surface area contributed by atoms with Crippen LogP contribution in [0.1, 0.15) is 11.4 Å². The van der Waals surface area contributed by atoms with Crippen LogP contribution in [-0.2, 0) is 13.1 Å². The zero-order valence-corrected chi connectivity index (χ0v) is 14.4. The number of rotatable bonds is 4. The molecule has 0 radical (unpaired) electrons. The lowest BCUT2D eigenvalue weighted by Crippen LogP contribution is -2.21. The van der Waals surface area contributed by atoms with Crippen molar-refractivity contribution in [1.82, 2.24) is 14.9 Å². The zero-order chi connectivity index (χ0) is 17.4. The number of nitrogens with one attached hydrogen (secondary N) is 1. The van der Waals surface area contributed by atoms with Crippen LogP contribution in [0.2, 0.25) is 5.02 Å². The largest absolute Gasteiger partial charge is 0.449 e. The lowest BCUT2D eigenvalue weighted by Gasteiger charge is -2.16. The van der Waals surface area contributed by atoms with Gasteiger partial charge in [0.1, 0.15) is 16.9 Å². The van der Waals surface area contributed by atoms with Gasteiger partial charge in [0.15, 0.2) is 0 Å². The minimum absolute atomic E-state index is 0.254. The predicted molar refractivity (Wildman–Crippen MR) is 98.8 cm³/mol. The Hall–Kier alpha value is -2.63. The number of halogens is 1. The molecule has 0 fully saturated rings. The van der Waals surface area contributed by atoms with E-state index in [4.69, 9.17) is 16.0 Å². The van der Waals surface area contributed by atoms with E-state index in [0.717, 1.165) is 22.5 Å². The van der Waals surface area contributed by atoms with Crippen LogP contribution in [0.4, 0.5) is 0 Å². The van der Waals surface area contributed by atoms with Crippen molar-refractivity contribution in [2.45, 2.75) is 13.1 Å². The van der Waals surface area contributed by atoms with Gasteiger partial charge >= 0.3 is 0 Å². The van der Waals surface area contributed by atoms with Crippen molar-refractivity contribution in [2.75, 3.05) is 7.05 Å². The predicted octanol–water partition coefficient (Wildman–Crippen LogP) is 3.95. The first-order valence-corrected chi connectivity index (χ1v) is 8.31. The van der Waals surface area contributed by atoms with Gasteiger partial charge in [-0.2, -0.15) is 0 Å². The van der Waals surface area contributed by atoms with Crippen LogP contribution in [0.15, 0.2) is 57.7 Å². The van der Waals surface area contributed by atoms with Gasteiger partial charge < -0.3 is 9.40 Å². The number of aromatic nitrogens is 2. The first-order valence-electron chi connectivity index (χ1n) is 7.93. The lowest BCUT2D eigenvalue weighted by molar-refractivity contribution is 0.310. The average Bonchev–Trinajstić information content (AvgIpc) is 2.96. The number of H-pyrrole nitrogens is 1. The Labute approximate surface area is 148 Å². The van der Waals surface area contributed by atoms with E-state index in [1.807, 2.05) is 55.6 Å². The Balaban J connectivity index is 1.63. The van der Waals surface area contributed by atoms with Crippen LogP contribution < -0.4 is 5.56 Å². The van der Waals surface area contributed by atoms with Crippen molar-refractivity contribution in [3.05, 3.63) is 75.3 Å². The fourth-order valence-corrected chi connectivity index (χ4v) is 3.06. The smallest absolute Gasteiger partial charge is 0.294 e. The first-order chi connectivity index (χ1) is 12.1. The molecule has 0 atom stereocenters. The third kappa shape index (κ3) is 3.16. The molecule has 2 aromatic carbocycles. The second-order valence-electron chi connectivity index (χ2n) is 6.09. The fraction of sp³-hybridized carbons (Fsp3) is 0.158. The van der Waals surface area contributed by atoms with Crippen molar-refractivity contribution in [3.8, 4) is 0 Å². The van der Waals surface area contributed by atoms with E-state index in [1.165, 1.54) is 0 Å². The summed E-state index contributed by atoms with van der Waals surface area (Å²) in [4.78, 5) is 21.8. The van der Waals surface area contributed by atoms with E-state index in [2.05, 4.69) is 14.9 Å². The highest BCUT2D eigenvalue weighted by Crippen LogP contribution is 2.24. The Morgan fingerprint density at radius 3 is 2.68 bits per heavy atom. The van der Waals surface area contributed by atoms with Gasteiger partial charge in [0.25, 0.3) is 5.56 Å². The molecule has 0 saturated heterocycles. The molecule has 0 aliphatic heterocycles. The molecule has 1 N–H and O–H groups in total. The van der Waals surface area contributed by atoms with Crippen LogP contribution >= 0.6 is 11.6 Å². The highest BCUT2D eigenvalue weighted by molar-refractivity contribution is 6.30. The highest BCUT2D eigenvalue weighted by Gasteiger charge is 2.13. The van der Waals surface area contributed by atoms with Crippen molar-refractivity contribution in [3.63, 3.8) is 0 Å². The van der Waals surface area contributed by atoms with Crippen molar-refractivity contribution >= 4 is 33.7 Å². The van der Waals surface area contributed by atoms with Crippen molar-refractivity contribution in [2.24, 2.45) is 0 Å². The molecule has 0 aliphatic carbocycles. The van der Waals surface area contributed by atoms with Gasteiger partial charge in [0.05, 0.1) is 6.54 Å². The van der Waals surface area contributed by atoms with Crippen molar-refractivity contribution < 1.29 is 4.42 Å². The van der Waals surface area contributed by atoms with Crippen LogP contribution in [0, 0.1) is 0 Å². The van der Waals surface area contributed by atoms with Gasteiger partial charge in [0.2, 0.25) is 5.58 Å². The molecule has 5 nitrogen and oxygen atoms in total. The van der Waals surface area contributed by atoms with Gasteiger partial charge in [-0.25, -0.2) is 4.98 Å². The van der Waals surface area contributed by atoms with E-state index in [0.29, 0.717) is 23.5 Å². The highest BCUT2D eigenvalue weighted by atomic mass is 35.5. The molecule has 6 heteroatoms. The topological polar surface area (TPSA) is 62.1 Å². The molecule has 0 unspecified atom stereocenters. The van der Waals surface area contributed by atoms with Gasteiger partial charge in [-0.15, -0.1) is 0 Å². The Morgan fingerprint density at radius 2 is 1.88 bits per heavy atom. The van der Waals surface area contributed by atoms with Crippen LogP contribution in [0.5, 0.6) is 0 Å². The maximum absolute atomic E-state index is 12.3. The summed E-state index contributed by atoms with van der Waals surface area (Å²) >= 11 is 5.92. The molecule has 2 heterocycles. The number of nitrogens with zero attached hydrogens (tertiary/aromatic N) is 2. The number of hydrogen-bond donors (Lipinski definition) is 1. The first kappa shape index (κ1) is 15.9. The Morgan fingerprint density at radius 1 is 1.12 bits per heavy atom. The molecule has 4 rings (SSSR count). The molecule has 2 aromatic heterocycles. The molecule has 0 amide bonds. The van der Waals surface area contributed by atoms with Crippen LogP contribution in [0.25, 0.3) is 22.1 Å². The summed E-state index contributed by atoms with van der Waals surface area (Å²) in [6.07, 6.45) is 0. The zero-order valence-electron chi connectivity index (χ0n) is 13.6. The molecular formula is C19H16ClN3O2. The third-order valence-corrected chi connectivity index (χ3v) is 4.32. The summed E-state index contributed by atoms with van der Waals surface area (Å²) in [5, 5.41) is 1.57. The summed E-state index contributed by atoms with van der Waals surface area (Å²) in [6, 6.07) is 15.2. The monoisotopic (exact) mass is 353 g/mol. The Bertz CT molecular complexity index is 1100. The summed E-state index contributed by atoms with van der Waals surface area (Å²) in [6.45, 7) is 1.25.